The molecule has 0 N–H and O–H groups in total. The molecular formula is C15H15Br2NO2. The van der Waals surface area contributed by atoms with Crippen LogP contribution in [0, 0.1) is 11.8 Å². The van der Waals surface area contributed by atoms with Gasteiger partial charge in [0.05, 0.1) is 18.4 Å². The Kier molecular flexibility index (Phi) is 4.00. The van der Waals surface area contributed by atoms with Crippen LogP contribution >= 0.6 is 31.9 Å². The number of halogens is 2. The van der Waals surface area contributed by atoms with Gasteiger partial charge >= 0.3 is 0 Å². The smallest absolute Gasteiger partial charge is 0.233 e. The summed E-state index contributed by atoms with van der Waals surface area (Å²) in [6, 6.07) is 9.68. The van der Waals surface area contributed by atoms with Crippen molar-refractivity contribution in [3.05, 3.63) is 35.9 Å². The highest BCUT2D eigenvalue weighted by atomic mass is 79.9. The zero-order valence-electron chi connectivity index (χ0n) is 10.8. The topological polar surface area (TPSA) is 37.4 Å². The number of fused-ring (bicyclic) bond motifs is 1. The number of amides is 2. The number of imide groups is 1. The number of likely N-dealkylation sites (tertiary alicyclic amines) is 1. The quantitative estimate of drug-likeness (QED) is 0.565. The van der Waals surface area contributed by atoms with Gasteiger partial charge in [-0.25, -0.2) is 0 Å². The second kappa shape index (κ2) is 5.60. The molecule has 1 aromatic rings. The average molecular weight is 401 g/mol. The SMILES string of the molecule is O=C1C2CC(Br)C(Br)CC2C(=O)N1Cc1ccccc1. The zero-order chi connectivity index (χ0) is 14.3. The summed E-state index contributed by atoms with van der Waals surface area (Å²) in [6.45, 7) is 0.394. The fourth-order valence-corrected chi connectivity index (χ4v) is 4.32. The molecule has 1 aliphatic carbocycles. The predicted octanol–water partition coefficient (Wildman–Crippen LogP) is 3.11. The molecule has 0 spiro atoms. The summed E-state index contributed by atoms with van der Waals surface area (Å²) in [6.07, 6.45) is 1.47. The highest BCUT2D eigenvalue weighted by Crippen LogP contribution is 2.43. The normalized spacial score (nSPS) is 33.4. The molecule has 1 saturated carbocycles. The lowest BCUT2D eigenvalue weighted by Gasteiger charge is -2.29. The number of hydrogen-bond donors (Lipinski definition) is 0. The van der Waals surface area contributed by atoms with Gasteiger partial charge in [0.2, 0.25) is 11.8 Å². The van der Waals surface area contributed by atoms with Crippen molar-refractivity contribution in [1.29, 1.82) is 0 Å². The highest BCUT2D eigenvalue weighted by molar-refractivity contribution is 9.12. The van der Waals surface area contributed by atoms with Crippen LogP contribution in [0.4, 0.5) is 0 Å². The molecule has 0 aromatic heterocycles. The van der Waals surface area contributed by atoms with E-state index < -0.39 is 0 Å². The van der Waals surface area contributed by atoms with Crippen molar-refractivity contribution in [2.45, 2.75) is 29.0 Å². The van der Waals surface area contributed by atoms with Crippen molar-refractivity contribution in [2.75, 3.05) is 0 Å². The summed E-state index contributed by atoms with van der Waals surface area (Å²) in [4.78, 5) is 26.9. The number of nitrogens with zero attached hydrogens (tertiary/aromatic N) is 1. The Balaban J connectivity index is 1.80. The van der Waals surface area contributed by atoms with Gasteiger partial charge in [-0.3, -0.25) is 14.5 Å². The predicted molar refractivity (Wildman–Crippen MR) is 83.6 cm³/mol. The molecule has 1 aliphatic heterocycles. The second-order valence-corrected chi connectivity index (χ2v) is 7.82. The van der Waals surface area contributed by atoms with E-state index in [-0.39, 0.29) is 33.3 Å². The summed E-state index contributed by atoms with van der Waals surface area (Å²) in [7, 11) is 0. The van der Waals surface area contributed by atoms with Gasteiger partial charge in [0.15, 0.2) is 0 Å². The number of carbonyl (C=O) groups is 2. The van der Waals surface area contributed by atoms with Crippen LogP contribution in [0.25, 0.3) is 0 Å². The number of alkyl halides is 2. The molecule has 106 valence electrons. The number of hydrogen-bond acceptors (Lipinski definition) is 2. The van der Waals surface area contributed by atoms with E-state index >= 15 is 0 Å². The van der Waals surface area contributed by atoms with Crippen LogP contribution < -0.4 is 0 Å². The fourth-order valence-electron chi connectivity index (χ4n) is 3.09. The first-order valence-corrected chi connectivity index (χ1v) is 8.58. The van der Waals surface area contributed by atoms with Gasteiger partial charge in [-0.2, -0.15) is 0 Å². The Morgan fingerprint density at radius 3 is 1.95 bits per heavy atom. The lowest BCUT2D eigenvalue weighted by molar-refractivity contribution is -0.140. The molecule has 3 rings (SSSR count). The minimum atomic E-state index is -0.149. The lowest BCUT2D eigenvalue weighted by atomic mass is 9.81. The van der Waals surface area contributed by atoms with Crippen molar-refractivity contribution in [3.63, 3.8) is 0 Å². The zero-order valence-corrected chi connectivity index (χ0v) is 14.0. The van der Waals surface area contributed by atoms with Crippen LogP contribution in [0.5, 0.6) is 0 Å². The summed E-state index contributed by atoms with van der Waals surface area (Å²) < 4.78 is 0. The van der Waals surface area contributed by atoms with Gasteiger partial charge in [0.25, 0.3) is 0 Å². The van der Waals surface area contributed by atoms with Gasteiger partial charge in [-0.15, -0.1) is 0 Å². The van der Waals surface area contributed by atoms with Crippen molar-refractivity contribution >= 4 is 43.7 Å². The summed E-state index contributed by atoms with van der Waals surface area (Å²) in [5.74, 6) is -0.311. The molecule has 0 bridgehead atoms. The van der Waals surface area contributed by atoms with E-state index in [0.717, 1.165) is 18.4 Å². The fraction of sp³-hybridized carbons (Fsp3) is 0.467. The number of rotatable bonds is 2. The van der Waals surface area contributed by atoms with Crippen molar-refractivity contribution in [3.8, 4) is 0 Å². The van der Waals surface area contributed by atoms with Gasteiger partial charge in [-0.1, -0.05) is 62.2 Å². The maximum Gasteiger partial charge on any atom is 0.233 e. The molecule has 2 fully saturated rings. The van der Waals surface area contributed by atoms with E-state index in [1.54, 1.807) is 0 Å². The van der Waals surface area contributed by atoms with E-state index in [9.17, 15) is 9.59 Å². The second-order valence-electron chi connectivity index (χ2n) is 5.46. The monoisotopic (exact) mass is 399 g/mol. The first-order valence-electron chi connectivity index (χ1n) is 6.75. The maximum absolute atomic E-state index is 12.5. The highest BCUT2D eigenvalue weighted by Gasteiger charge is 2.51. The summed E-state index contributed by atoms with van der Waals surface area (Å²) >= 11 is 7.19. The van der Waals surface area contributed by atoms with E-state index in [1.807, 2.05) is 30.3 Å². The first kappa shape index (κ1) is 14.3. The minimum Gasteiger partial charge on any atom is -0.278 e. The van der Waals surface area contributed by atoms with Crippen LogP contribution in [-0.4, -0.2) is 26.4 Å². The standard InChI is InChI=1S/C15H15Br2NO2/c16-12-6-10-11(7-13(12)17)15(20)18(14(10)19)8-9-4-2-1-3-5-9/h1-5,10-13H,6-8H2. The third kappa shape index (κ3) is 2.46. The van der Waals surface area contributed by atoms with Crippen molar-refractivity contribution in [2.24, 2.45) is 11.8 Å². The minimum absolute atomic E-state index is 0.00676. The third-order valence-corrected chi connectivity index (χ3v) is 6.92. The van der Waals surface area contributed by atoms with E-state index in [4.69, 9.17) is 0 Å². The number of benzene rings is 1. The van der Waals surface area contributed by atoms with E-state index in [0.29, 0.717) is 6.54 Å². The van der Waals surface area contributed by atoms with Crippen LogP contribution in [0.2, 0.25) is 0 Å². The molecule has 5 heteroatoms. The first-order chi connectivity index (χ1) is 9.58. The Morgan fingerprint density at radius 1 is 0.950 bits per heavy atom. The molecule has 1 aromatic carbocycles. The molecule has 2 aliphatic rings. The molecular weight excluding hydrogens is 386 g/mol. The Morgan fingerprint density at radius 2 is 1.45 bits per heavy atom. The van der Waals surface area contributed by atoms with Gasteiger partial charge < -0.3 is 0 Å². The maximum atomic E-state index is 12.5. The van der Waals surface area contributed by atoms with Crippen LogP contribution in [0.15, 0.2) is 30.3 Å². The molecule has 3 nitrogen and oxygen atoms in total. The van der Waals surface area contributed by atoms with Gasteiger partial charge in [-0.05, 0) is 18.4 Å². The Hall–Kier alpha value is -0.680. The molecule has 2 amide bonds. The van der Waals surface area contributed by atoms with Crippen molar-refractivity contribution < 1.29 is 9.59 Å². The van der Waals surface area contributed by atoms with Gasteiger partial charge in [0, 0.05) is 9.65 Å². The molecule has 4 atom stereocenters. The molecule has 0 radical (unpaired) electrons. The van der Waals surface area contributed by atoms with Crippen LogP contribution in [0.1, 0.15) is 18.4 Å². The third-order valence-electron chi connectivity index (χ3n) is 4.19. The summed E-state index contributed by atoms with van der Waals surface area (Å²) in [5.41, 5.74) is 0.999. The van der Waals surface area contributed by atoms with Crippen LogP contribution in [0.3, 0.4) is 0 Å². The van der Waals surface area contributed by atoms with Gasteiger partial charge in [0.1, 0.15) is 0 Å². The Labute approximate surface area is 135 Å². The summed E-state index contributed by atoms with van der Waals surface area (Å²) in [5, 5.41) is 0. The molecule has 1 saturated heterocycles. The Bertz CT molecular complexity index is 506. The molecule has 1 heterocycles. The van der Waals surface area contributed by atoms with Crippen LogP contribution in [-0.2, 0) is 16.1 Å². The van der Waals surface area contributed by atoms with Crippen molar-refractivity contribution in [1.82, 2.24) is 4.90 Å². The molecule has 20 heavy (non-hydrogen) atoms. The largest absolute Gasteiger partial charge is 0.278 e. The lowest BCUT2D eigenvalue weighted by Crippen LogP contribution is -2.34. The molecule has 4 unspecified atom stereocenters. The number of carbonyl (C=O) groups excluding carboxylic acids is 2. The van der Waals surface area contributed by atoms with E-state index in [2.05, 4.69) is 31.9 Å². The van der Waals surface area contributed by atoms with E-state index in [1.165, 1.54) is 4.90 Å². The average Bonchev–Trinajstić information content (AvgIpc) is 2.66.